The van der Waals surface area contributed by atoms with Crippen molar-refractivity contribution in [3.05, 3.63) is 24.3 Å². The van der Waals surface area contributed by atoms with Crippen LogP contribution >= 0.6 is 0 Å². The highest BCUT2D eigenvalue weighted by atomic mass is 16.5. The van der Waals surface area contributed by atoms with Gasteiger partial charge < -0.3 is 4.74 Å². The summed E-state index contributed by atoms with van der Waals surface area (Å²) in [5.74, 6) is -0.268. The molecule has 0 aliphatic heterocycles. The van der Waals surface area contributed by atoms with Gasteiger partial charge in [-0.05, 0) is 18.4 Å². The molecular weight excluding hydrogens is 192 g/mol. The van der Waals surface area contributed by atoms with Crippen LogP contribution in [0.1, 0.15) is 32.3 Å². The lowest BCUT2D eigenvalue weighted by atomic mass is 9.91. The smallest absolute Gasteiger partial charge is 0.309 e. The van der Waals surface area contributed by atoms with Gasteiger partial charge in [-0.15, -0.1) is 0 Å². The lowest BCUT2D eigenvalue weighted by molar-refractivity contribution is -0.148. The Morgan fingerprint density at radius 2 is 2.00 bits per heavy atom. The van der Waals surface area contributed by atoms with Crippen LogP contribution in [0.3, 0.4) is 0 Å². The minimum Gasteiger partial charge on any atom is -0.466 e. The fraction of sp³-hybridized carbons (Fsp3) is 0.545. The summed E-state index contributed by atoms with van der Waals surface area (Å²) in [6.45, 7) is 6.05. The van der Waals surface area contributed by atoms with Gasteiger partial charge in [0.05, 0.1) is 12.5 Å². The second-order valence-corrected chi connectivity index (χ2v) is 3.50. The Kier molecular flexibility index (Phi) is 4.21. The van der Waals surface area contributed by atoms with E-state index in [2.05, 4.69) is 9.97 Å². The van der Waals surface area contributed by atoms with Gasteiger partial charge in [-0.25, -0.2) is 9.97 Å². The zero-order valence-corrected chi connectivity index (χ0v) is 9.30. The Labute approximate surface area is 89.7 Å². The van der Waals surface area contributed by atoms with Gasteiger partial charge in [0.15, 0.2) is 0 Å². The second kappa shape index (κ2) is 5.44. The standard InChI is InChI=1S/C11H16N2O2/c1-4-15-11(14)9(3)8(2)10-5-12-7-13-6-10/h5-9H,4H2,1-3H3. The molecule has 1 heterocycles. The Hall–Kier alpha value is -1.45. The highest BCUT2D eigenvalue weighted by Crippen LogP contribution is 2.23. The van der Waals surface area contributed by atoms with Gasteiger partial charge in [-0.1, -0.05) is 13.8 Å². The molecule has 1 rings (SSSR count). The number of nitrogens with zero attached hydrogens (tertiary/aromatic N) is 2. The summed E-state index contributed by atoms with van der Waals surface area (Å²) in [7, 11) is 0. The largest absolute Gasteiger partial charge is 0.466 e. The molecular formula is C11H16N2O2. The third-order valence-corrected chi connectivity index (χ3v) is 2.51. The molecule has 2 unspecified atom stereocenters. The first-order valence-electron chi connectivity index (χ1n) is 5.08. The number of aromatic nitrogens is 2. The highest BCUT2D eigenvalue weighted by Gasteiger charge is 2.22. The topological polar surface area (TPSA) is 52.1 Å². The monoisotopic (exact) mass is 208 g/mol. The van der Waals surface area contributed by atoms with Crippen LogP contribution < -0.4 is 0 Å². The van der Waals surface area contributed by atoms with E-state index in [9.17, 15) is 4.79 Å². The molecule has 1 aromatic heterocycles. The average Bonchev–Trinajstić information content (AvgIpc) is 2.28. The maximum Gasteiger partial charge on any atom is 0.309 e. The van der Waals surface area contributed by atoms with Crippen LogP contribution in [0.5, 0.6) is 0 Å². The van der Waals surface area contributed by atoms with Gasteiger partial charge in [0, 0.05) is 12.4 Å². The first-order valence-corrected chi connectivity index (χ1v) is 5.08. The molecule has 0 N–H and O–H groups in total. The molecule has 82 valence electrons. The van der Waals surface area contributed by atoms with Gasteiger partial charge in [-0.2, -0.15) is 0 Å². The van der Waals surface area contributed by atoms with Crippen LogP contribution in [0, 0.1) is 5.92 Å². The molecule has 0 aliphatic carbocycles. The first kappa shape index (κ1) is 11.6. The van der Waals surface area contributed by atoms with E-state index >= 15 is 0 Å². The molecule has 0 amide bonds. The summed E-state index contributed by atoms with van der Waals surface area (Å²) in [6, 6.07) is 0. The van der Waals surface area contributed by atoms with Crippen molar-refractivity contribution < 1.29 is 9.53 Å². The summed E-state index contributed by atoms with van der Waals surface area (Å²) in [5, 5.41) is 0. The van der Waals surface area contributed by atoms with Gasteiger partial charge in [0.2, 0.25) is 0 Å². The molecule has 0 bridgehead atoms. The maximum absolute atomic E-state index is 11.5. The van der Waals surface area contributed by atoms with Crippen molar-refractivity contribution in [2.24, 2.45) is 5.92 Å². The lowest BCUT2D eigenvalue weighted by Crippen LogP contribution is -2.20. The zero-order chi connectivity index (χ0) is 11.3. The molecule has 0 radical (unpaired) electrons. The van der Waals surface area contributed by atoms with E-state index in [1.165, 1.54) is 6.33 Å². The number of hydrogen-bond acceptors (Lipinski definition) is 4. The predicted molar refractivity (Wildman–Crippen MR) is 56.2 cm³/mol. The van der Waals surface area contributed by atoms with Crippen molar-refractivity contribution in [3.63, 3.8) is 0 Å². The third-order valence-electron chi connectivity index (χ3n) is 2.51. The molecule has 4 heteroatoms. The average molecular weight is 208 g/mol. The maximum atomic E-state index is 11.5. The summed E-state index contributed by atoms with van der Waals surface area (Å²) < 4.78 is 4.97. The Balaban J connectivity index is 2.68. The summed E-state index contributed by atoms with van der Waals surface area (Å²) in [4.78, 5) is 19.4. The normalized spacial score (nSPS) is 14.3. The van der Waals surface area contributed by atoms with Crippen molar-refractivity contribution in [1.82, 2.24) is 9.97 Å². The summed E-state index contributed by atoms with van der Waals surface area (Å²) in [5.41, 5.74) is 0.957. The number of hydrogen-bond donors (Lipinski definition) is 0. The molecule has 0 saturated carbocycles. The third kappa shape index (κ3) is 3.01. The molecule has 0 aliphatic rings. The first-order chi connectivity index (χ1) is 7.16. The molecule has 2 atom stereocenters. The van der Waals surface area contributed by atoms with Crippen LogP contribution in [0.15, 0.2) is 18.7 Å². The lowest BCUT2D eigenvalue weighted by Gasteiger charge is -2.17. The molecule has 1 aromatic rings. The van der Waals surface area contributed by atoms with Crippen molar-refractivity contribution in [1.29, 1.82) is 0 Å². The van der Waals surface area contributed by atoms with Crippen molar-refractivity contribution in [2.75, 3.05) is 6.61 Å². The van der Waals surface area contributed by atoms with E-state index < -0.39 is 0 Å². The van der Waals surface area contributed by atoms with Gasteiger partial charge >= 0.3 is 5.97 Å². The van der Waals surface area contributed by atoms with Crippen LogP contribution in [-0.4, -0.2) is 22.5 Å². The zero-order valence-electron chi connectivity index (χ0n) is 9.30. The Morgan fingerprint density at radius 1 is 1.40 bits per heavy atom. The van der Waals surface area contributed by atoms with Gasteiger partial charge in [0.25, 0.3) is 0 Å². The van der Waals surface area contributed by atoms with Crippen LogP contribution in [0.25, 0.3) is 0 Å². The minimum absolute atomic E-state index is 0.0743. The van der Waals surface area contributed by atoms with Crippen LogP contribution in [0.4, 0.5) is 0 Å². The number of ether oxygens (including phenoxy) is 1. The predicted octanol–water partition coefficient (Wildman–Crippen LogP) is 1.78. The van der Waals surface area contributed by atoms with Gasteiger partial charge in [0.1, 0.15) is 6.33 Å². The minimum atomic E-state index is -0.172. The number of esters is 1. The van der Waals surface area contributed by atoms with Gasteiger partial charge in [-0.3, -0.25) is 4.79 Å². The molecule has 0 saturated heterocycles. The van der Waals surface area contributed by atoms with E-state index in [-0.39, 0.29) is 17.8 Å². The molecule has 0 fully saturated rings. The number of rotatable bonds is 4. The van der Waals surface area contributed by atoms with Crippen LogP contribution in [0.2, 0.25) is 0 Å². The fourth-order valence-corrected chi connectivity index (χ4v) is 1.31. The van der Waals surface area contributed by atoms with Crippen molar-refractivity contribution in [2.45, 2.75) is 26.7 Å². The molecule has 0 aromatic carbocycles. The Bertz CT molecular complexity index is 314. The van der Waals surface area contributed by atoms with Crippen LogP contribution in [-0.2, 0) is 9.53 Å². The Morgan fingerprint density at radius 3 is 2.53 bits per heavy atom. The van der Waals surface area contributed by atoms with E-state index in [0.29, 0.717) is 6.61 Å². The summed E-state index contributed by atoms with van der Waals surface area (Å²) in [6.07, 6.45) is 4.94. The second-order valence-electron chi connectivity index (χ2n) is 3.50. The SMILES string of the molecule is CCOC(=O)C(C)C(C)c1cncnc1. The van der Waals surface area contributed by atoms with E-state index in [1.807, 2.05) is 13.8 Å². The summed E-state index contributed by atoms with van der Waals surface area (Å²) >= 11 is 0. The van der Waals surface area contributed by atoms with Crippen molar-refractivity contribution in [3.8, 4) is 0 Å². The quantitative estimate of drug-likeness (QED) is 0.708. The molecule has 0 spiro atoms. The fourth-order valence-electron chi connectivity index (χ4n) is 1.31. The molecule has 4 nitrogen and oxygen atoms in total. The van der Waals surface area contributed by atoms with E-state index in [4.69, 9.17) is 4.74 Å². The molecule has 15 heavy (non-hydrogen) atoms. The van der Waals surface area contributed by atoms with Crippen molar-refractivity contribution >= 4 is 5.97 Å². The van der Waals surface area contributed by atoms with E-state index in [0.717, 1.165) is 5.56 Å². The number of carbonyl (C=O) groups is 1. The highest BCUT2D eigenvalue weighted by molar-refractivity contribution is 5.73. The number of carbonyl (C=O) groups excluding carboxylic acids is 1. The van der Waals surface area contributed by atoms with E-state index in [1.54, 1.807) is 19.3 Å².